The van der Waals surface area contributed by atoms with Crippen molar-refractivity contribution in [3.05, 3.63) is 46.8 Å². The predicted octanol–water partition coefficient (Wildman–Crippen LogP) is 4.26. The van der Waals surface area contributed by atoms with Crippen LogP contribution in [0.2, 0.25) is 0 Å². The highest BCUT2D eigenvalue weighted by Gasteiger charge is 2.18. The Morgan fingerprint density at radius 2 is 1.85 bits per heavy atom. The first-order chi connectivity index (χ1) is 15.7. The van der Waals surface area contributed by atoms with Crippen molar-refractivity contribution in [3.8, 4) is 0 Å². The second-order valence-electron chi connectivity index (χ2n) is 9.56. The molecule has 1 fully saturated rings. The first kappa shape index (κ1) is 23.2. The van der Waals surface area contributed by atoms with E-state index >= 15 is 0 Å². The Balaban J connectivity index is 1.41. The number of anilines is 2. The maximum atomic E-state index is 12.7. The maximum absolute atomic E-state index is 12.7. The number of nitrogens with one attached hydrogen (secondary N) is 1. The summed E-state index contributed by atoms with van der Waals surface area (Å²) in [4.78, 5) is 22.3. The van der Waals surface area contributed by atoms with E-state index in [1.165, 1.54) is 16.8 Å². The summed E-state index contributed by atoms with van der Waals surface area (Å²) in [5.41, 5.74) is 7.52. The number of benzene rings is 1. The molecule has 0 unspecified atom stereocenters. The molecule has 1 N–H and O–H groups in total. The van der Waals surface area contributed by atoms with Crippen molar-refractivity contribution in [2.75, 3.05) is 43.4 Å². The Morgan fingerprint density at radius 3 is 2.52 bits per heavy atom. The number of aromatic nitrogens is 3. The molecular weight excluding hydrogens is 412 g/mol. The molecule has 0 bridgehead atoms. The lowest BCUT2D eigenvalue weighted by atomic mass is 10.0. The fraction of sp³-hybridized carbons (Fsp3) is 0.500. The molecule has 7 nitrogen and oxygen atoms in total. The third kappa shape index (κ3) is 4.88. The Labute approximate surface area is 196 Å². The molecule has 1 aliphatic rings. The van der Waals surface area contributed by atoms with Gasteiger partial charge in [0.15, 0.2) is 5.65 Å². The van der Waals surface area contributed by atoms with Crippen molar-refractivity contribution in [1.82, 2.24) is 19.7 Å². The molecule has 2 aromatic heterocycles. The zero-order valence-electron chi connectivity index (χ0n) is 20.8. The van der Waals surface area contributed by atoms with E-state index < -0.39 is 0 Å². The first-order valence-electron chi connectivity index (χ1n) is 11.9. The minimum Gasteiger partial charge on any atom is -0.369 e. The van der Waals surface area contributed by atoms with E-state index in [0.29, 0.717) is 12.8 Å². The molecule has 33 heavy (non-hydrogen) atoms. The van der Waals surface area contributed by atoms with E-state index in [2.05, 4.69) is 67.1 Å². The fourth-order valence-corrected chi connectivity index (χ4v) is 4.74. The van der Waals surface area contributed by atoms with Crippen LogP contribution in [0.1, 0.15) is 48.7 Å². The van der Waals surface area contributed by atoms with Gasteiger partial charge in [0, 0.05) is 61.1 Å². The zero-order chi connectivity index (χ0) is 23.7. The summed E-state index contributed by atoms with van der Waals surface area (Å²) in [6, 6.07) is 6.49. The van der Waals surface area contributed by atoms with Gasteiger partial charge in [0.25, 0.3) is 0 Å². The van der Waals surface area contributed by atoms with Gasteiger partial charge in [-0.25, -0.2) is 9.67 Å². The first-order valence-corrected chi connectivity index (χ1v) is 11.9. The molecule has 1 aromatic carbocycles. The molecule has 0 radical (unpaired) electrons. The van der Waals surface area contributed by atoms with Gasteiger partial charge >= 0.3 is 0 Å². The topological polar surface area (TPSA) is 66.3 Å². The molecule has 4 rings (SSSR count). The average Bonchev–Trinajstić information content (AvgIpc) is 3.19. The van der Waals surface area contributed by atoms with Gasteiger partial charge in [-0.3, -0.25) is 4.79 Å². The summed E-state index contributed by atoms with van der Waals surface area (Å²) >= 11 is 0. The summed E-state index contributed by atoms with van der Waals surface area (Å²) in [5, 5.41) is 8.66. The Kier molecular flexibility index (Phi) is 6.70. The van der Waals surface area contributed by atoms with Crippen LogP contribution in [0, 0.1) is 20.8 Å². The zero-order valence-corrected chi connectivity index (χ0v) is 20.8. The number of pyridine rings is 1. The normalized spacial score (nSPS) is 14.9. The van der Waals surface area contributed by atoms with Gasteiger partial charge in [-0.2, -0.15) is 5.10 Å². The highest BCUT2D eigenvalue weighted by Crippen LogP contribution is 2.27. The molecular formula is C26H36N6O. The van der Waals surface area contributed by atoms with Crippen LogP contribution in [-0.4, -0.2) is 58.8 Å². The Hall–Kier alpha value is -2.93. The van der Waals surface area contributed by atoms with Crippen molar-refractivity contribution in [2.24, 2.45) is 0 Å². The minimum absolute atomic E-state index is 0.0264. The number of likely N-dealkylation sites (N-methyl/N-ethyl adjacent to an activating group) is 1. The quantitative estimate of drug-likeness (QED) is 0.610. The summed E-state index contributed by atoms with van der Waals surface area (Å²) in [7, 11) is 2.17. The summed E-state index contributed by atoms with van der Waals surface area (Å²) in [6.45, 7) is 14.7. The summed E-state index contributed by atoms with van der Waals surface area (Å²) in [5.74, 6) is 0.0264. The summed E-state index contributed by atoms with van der Waals surface area (Å²) in [6.07, 6.45) is 2.98. The number of carbonyl (C=O) groups is 1. The number of hydrogen-bond donors (Lipinski definition) is 1. The SMILES string of the molecule is Cc1cc(NC(=O)CCc2c(C)nc3c(cnn3C(C)C)c2C)ccc1N1CCN(C)CC1. The van der Waals surface area contributed by atoms with Gasteiger partial charge in [0.1, 0.15) is 0 Å². The number of amides is 1. The van der Waals surface area contributed by atoms with Crippen LogP contribution in [0.3, 0.4) is 0 Å². The van der Waals surface area contributed by atoms with E-state index in [1.807, 2.05) is 23.9 Å². The number of aryl methyl sites for hydroxylation is 3. The van der Waals surface area contributed by atoms with Crippen molar-refractivity contribution in [1.29, 1.82) is 0 Å². The molecule has 0 spiro atoms. The van der Waals surface area contributed by atoms with Crippen LogP contribution in [0.5, 0.6) is 0 Å². The van der Waals surface area contributed by atoms with E-state index in [1.54, 1.807) is 0 Å². The molecule has 3 heterocycles. The monoisotopic (exact) mass is 448 g/mol. The largest absolute Gasteiger partial charge is 0.369 e. The molecule has 7 heteroatoms. The number of fused-ring (bicyclic) bond motifs is 1. The lowest BCUT2D eigenvalue weighted by Crippen LogP contribution is -2.44. The highest BCUT2D eigenvalue weighted by molar-refractivity contribution is 5.91. The fourth-order valence-electron chi connectivity index (χ4n) is 4.74. The van der Waals surface area contributed by atoms with E-state index in [0.717, 1.165) is 54.2 Å². The maximum Gasteiger partial charge on any atom is 0.224 e. The van der Waals surface area contributed by atoms with Crippen LogP contribution in [0.4, 0.5) is 11.4 Å². The average molecular weight is 449 g/mol. The van der Waals surface area contributed by atoms with Gasteiger partial charge in [0.05, 0.1) is 6.20 Å². The van der Waals surface area contributed by atoms with Crippen molar-refractivity contribution < 1.29 is 4.79 Å². The lowest BCUT2D eigenvalue weighted by molar-refractivity contribution is -0.116. The van der Waals surface area contributed by atoms with Gasteiger partial charge in [-0.15, -0.1) is 0 Å². The summed E-state index contributed by atoms with van der Waals surface area (Å²) < 4.78 is 1.96. The Morgan fingerprint density at radius 1 is 1.12 bits per heavy atom. The van der Waals surface area contributed by atoms with Crippen LogP contribution in [0.15, 0.2) is 24.4 Å². The number of carbonyl (C=O) groups excluding carboxylic acids is 1. The molecule has 0 saturated carbocycles. The molecule has 176 valence electrons. The number of piperazine rings is 1. The number of hydrogen-bond acceptors (Lipinski definition) is 5. The van der Waals surface area contributed by atoms with E-state index in [-0.39, 0.29) is 11.9 Å². The molecule has 1 aliphatic heterocycles. The molecule has 0 atom stereocenters. The molecule has 1 amide bonds. The minimum atomic E-state index is 0.0264. The van der Waals surface area contributed by atoms with Crippen molar-refractivity contribution >= 4 is 28.3 Å². The van der Waals surface area contributed by atoms with Gasteiger partial charge < -0.3 is 15.1 Å². The second kappa shape index (κ2) is 9.51. The van der Waals surface area contributed by atoms with Crippen LogP contribution >= 0.6 is 0 Å². The van der Waals surface area contributed by atoms with Crippen LogP contribution in [0.25, 0.3) is 11.0 Å². The highest BCUT2D eigenvalue weighted by atomic mass is 16.1. The molecule has 1 saturated heterocycles. The van der Waals surface area contributed by atoms with Gasteiger partial charge in [-0.1, -0.05) is 0 Å². The third-order valence-electron chi connectivity index (χ3n) is 6.75. The smallest absolute Gasteiger partial charge is 0.224 e. The van der Waals surface area contributed by atoms with Gasteiger partial charge in [0.2, 0.25) is 5.91 Å². The standard InChI is InChI=1S/C26H36N6O/c1-17(2)32-26-23(16-27-32)19(4)22(20(5)28-26)8-10-25(33)29-21-7-9-24(18(3)15-21)31-13-11-30(6)12-14-31/h7,9,15-17H,8,10-14H2,1-6H3,(H,29,33). The van der Waals surface area contributed by atoms with Crippen LogP contribution in [-0.2, 0) is 11.2 Å². The molecule has 0 aliphatic carbocycles. The second-order valence-corrected chi connectivity index (χ2v) is 9.56. The van der Waals surface area contributed by atoms with Crippen molar-refractivity contribution in [3.63, 3.8) is 0 Å². The number of rotatable bonds is 6. The van der Waals surface area contributed by atoms with E-state index in [9.17, 15) is 4.79 Å². The van der Waals surface area contributed by atoms with Crippen molar-refractivity contribution in [2.45, 2.75) is 53.5 Å². The van der Waals surface area contributed by atoms with Crippen LogP contribution < -0.4 is 10.2 Å². The molecule has 3 aromatic rings. The van der Waals surface area contributed by atoms with Gasteiger partial charge in [-0.05, 0) is 83.0 Å². The third-order valence-corrected chi connectivity index (χ3v) is 6.75. The number of nitrogens with zero attached hydrogens (tertiary/aromatic N) is 5. The Bertz CT molecular complexity index is 1160. The predicted molar refractivity (Wildman–Crippen MR) is 135 cm³/mol. The lowest BCUT2D eigenvalue weighted by Gasteiger charge is -2.35. The van der Waals surface area contributed by atoms with E-state index in [4.69, 9.17) is 4.98 Å².